The number of carboxylic acids is 1. The number of piperidine rings is 1. The van der Waals surface area contributed by atoms with Crippen molar-refractivity contribution in [2.75, 3.05) is 40.5 Å². The molecule has 9 nitrogen and oxygen atoms in total. The van der Waals surface area contributed by atoms with E-state index in [4.69, 9.17) is 19.3 Å². The summed E-state index contributed by atoms with van der Waals surface area (Å²) in [7, 11) is 3.29. The van der Waals surface area contributed by atoms with E-state index < -0.39 is 24.6 Å². The Balaban J connectivity index is 1.69. The number of hydrogen-bond acceptors (Lipinski definition) is 7. The zero-order chi connectivity index (χ0) is 24.8. The molecule has 2 heterocycles. The number of aliphatic hydroxyl groups is 1. The summed E-state index contributed by atoms with van der Waals surface area (Å²) in [5, 5.41) is 20.8. The predicted octanol–water partition coefficient (Wildman–Crippen LogP) is 2.85. The highest BCUT2D eigenvalue weighted by Gasteiger charge is 2.40. The molecule has 34 heavy (non-hydrogen) atoms. The maximum Gasteiger partial charge on any atom is 0.407 e. The van der Waals surface area contributed by atoms with Gasteiger partial charge >= 0.3 is 12.1 Å². The lowest BCUT2D eigenvalue weighted by molar-refractivity contribution is -0.139. The summed E-state index contributed by atoms with van der Waals surface area (Å²) in [4.78, 5) is 25.4. The molecule has 2 aliphatic rings. The minimum Gasteiger partial charge on any atom is -0.493 e. The van der Waals surface area contributed by atoms with Crippen molar-refractivity contribution in [3.8, 4) is 11.5 Å². The van der Waals surface area contributed by atoms with Crippen LogP contribution >= 0.6 is 0 Å². The van der Waals surface area contributed by atoms with Crippen LogP contribution in [0.15, 0.2) is 12.1 Å². The van der Waals surface area contributed by atoms with E-state index in [0.717, 1.165) is 43.9 Å². The summed E-state index contributed by atoms with van der Waals surface area (Å²) in [6.07, 6.45) is 0.676. The molecule has 0 radical (unpaired) electrons. The molecule has 1 aromatic rings. The number of carbonyl (C=O) groups is 2. The van der Waals surface area contributed by atoms with Gasteiger partial charge in [0.05, 0.1) is 33.4 Å². The maximum atomic E-state index is 12.2. The predicted molar refractivity (Wildman–Crippen MR) is 126 cm³/mol. The molecule has 1 aromatic carbocycles. The van der Waals surface area contributed by atoms with Crippen LogP contribution in [0.2, 0.25) is 0 Å². The van der Waals surface area contributed by atoms with Crippen LogP contribution in [0, 0.1) is 17.8 Å². The van der Waals surface area contributed by atoms with Crippen LogP contribution in [0.3, 0.4) is 0 Å². The number of nitrogens with one attached hydrogen (secondary N) is 1. The molecular formula is C25H38N2O7. The second-order valence-corrected chi connectivity index (χ2v) is 9.78. The molecule has 1 amide bonds. The van der Waals surface area contributed by atoms with E-state index in [1.54, 1.807) is 14.2 Å². The number of rotatable bonds is 10. The molecule has 2 aliphatic heterocycles. The number of amides is 1. The number of carbonyl (C=O) groups excluding carboxylic acids is 1. The van der Waals surface area contributed by atoms with Crippen LogP contribution in [0.4, 0.5) is 4.79 Å². The zero-order valence-corrected chi connectivity index (χ0v) is 20.6. The normalized spacial score (nSPS) is 22.9. The Morgan fingerprint density at radius 1 is 1.18 bits per heavy atom. The van der Waals surface area contributed by atoms with E-state index in [1.807, 2.05) is 0 Å². The Morgan fingerprint density at radius 2 is 1.88 bits per heavy atom. The number of alkyl carbamates (subject to hydrolysis) is 1. The van der Waals surface area contributed by atoms with Gasteiger partial charge in [0, 0.05) is 25.7 Å². The zero-order valence-electron chi connectivity index (χ0n) is 20.6. The molecule has 1 fully saturated rings. The molecule has 9 heteroatoms. The highest BCUT2D eigenvalue weighted by molar-refractivity contribution is 5.68. The number of fused-ring (bicyclic) bond motifs is 3. The molecule has 0 spiro atoms. The summed E-state index contributed by atoms with van der Waals surface area (Å²) in [5.74, 6) is 1.48. The number of carboxylic acid groups (broad SMARTS) is 1. The van der Waals surface area contributed by atoms with Crippen molar-refractivity contribution >= 4 is 12.1 Å². The van der Waals surface area contributed by atoms with Crippen molar-refractivity contribution in [2.24, 2.45) is 17.8 Å². The highest BCUT2D eigenvalue weighted by atomic mass is 16.5. The highest BCUT2D eigenvalue weighted by Crippen LogP contribution is 2.45. The van der Waals surface area contributed by atoms with Gasteiger partial charge in [0.2, 0.25) is 0 Å². The summed E-state index contributed by atoms with van der Waals surface area (Å²) < 4.78 is 16.6. The second kappa shape index (κ2) is 11.8. The van der Waals surface area contributed by atoms with Crippen molar-refractivity contribution in [1.82, 2.24) is 10.2 Å². The summed E-state index contributed by atoms with van der Waals surface area (Å²) in [6, 6.07) is 4.39. The third-order valence-electron chi connectivity index (χ3n) is 6.87. The lowest BCUT2D eigenvalue weighted by atomic mass is 9.74. The first-order valence-corrected chi connectivity index (χ1v) is 12.0. The van der Waals surface area contributed by atoms with Crippen LogP contribution in [0.1, 0.15) is 50.3 Å². The van der Waals surface area contributed by atoms with Gasteiger partial charge in [-0.3, -0.25) is 9.69 Å². The first kappa shape index (κ1) is 26.1. The largest absolute Gasteiger partial charge is 0.493 e. The molecule has 190 valence electrons. The number of methoxy groups -OCH3 is 2. The van der Waals surface area contributed by atoms with Gasteiger partial charge in [0.15, 0.2) is 11.5 Å². The number of benzene rings is 1. The van der Waals surface area contributed by atoms with E-state index in [9.17, 15) is 14.7 Å². The molecular weight excluding hydrogens is 440 g/mol. The van der Waals surface area contributed by atoms with Crippen LogP contribution in [-0.2, 0) is 16.0 Å². The Kier molecular flexibility index (Phi) is 9.02. The monoisotopic (exact) mass is 478 g/mol. The van der Waals surface area contributed by atoms with Gasteiger partial charge in [0.25, 0.3) is 0 Å². The first-order valence-electron chi connectivity index (χ1n) is 12.0. The minimum atomic E-state index is -1.15. The van der Waals surface area contributed by atoms with Crippen molar-refractivity contribution < 1.29 is 34.0 Å². The Labute approximate surface area is 201 Å². The molecule has 1 saturated heterocycles. The molecule has 0 aromatic heterocycles. The van der Waals surface area contributed by atoms with Crippen LogP contribution in [-0.4, -0.2) is 73.7 Å². The molecule has 0 bridgehead atoms. The topological polar surface area (TPSA) is 118 Å². The Morgan fingerprint density at radius 3 is 2.53 bits per heavy atom. The average Bonchev–Trinajstić information content (AvgIpc) is 2.79. The minimum absolute atomic E-state index is 0.156. The van der Waals surface area contributed by atoms with E-state index in [1.165, 1.54) is 11.1 Å². The summed E-state index contributed by atoms with van der Waals surface area (Å²) >= 11 is 0. The fourth-order valence-corrected chi connectivity index (χ4v) is 5.29. The molecule has 3 N–H and O–H groups in total. The number of ether oxygens (including phenoxy) is 3. The smallest absolute Gasteiger partial charge is 0.407 e. The third kappa shape index (κ3) is 6.54. The lowest BCUT2D eigenvalue weighted by Crippen LogP contribution is -2.47. The fourth-order valence-electron chi connectivity index (χ4n) is 5.29. The van der Waals surface area contributed by atoms with E-state index >= 15 is 0 Å². The number of aliphatic hydroxyl groups excluding tert-OH is 1. The van der Waals surface area contributed by atoms with Crippen LogP contribution < -0.4 is 14.8 Å². The Hall–Kier alpha value is -2.52. The lowest BCUT2D eigenvalue weighted by Gasteiger charge is -2.47. The SMILES string of the molecule is COc1cc2c(cc1OC)[C@H]1C[C@@H](COC(=O)NCC(O)CC(=O)O)[C@H](CC(C)C)CN1CC2. The van der Waals surface area contributed by atoms with Gasteiger partial charge in [-0.1, -0.05) is 13.8 Å². The van der Waals surface area contributed by atoms with Gasteiger partial charge < -0.3 is 29.7 Å². The fraction of sp³-hybridized carbons (Fsp3) is 0.680. The second-order valence-electron chi connectivity index (χ2n) is 9.78. The van der Waals surface area contributed by atoms with E-state index in [2.05, 4.69) is 36.2 Å². The quantitative estimate of drug-likeness (QED) is 0.470. The first-order chi connectivity index (χ1) is 16.2. The summed E-state index contributed by atoms with van der Waals surface area (Å²) in [5.41, 5.74) is 2.52. The van der Waals surface area contributed by atoms with E-state index in [-0.39, 0.29) is 25.1 Å². The van der Waals surface area contributed by atoms with Gasteiger partial charge in [-0.2, -0.15) is 0 Å². The molecule has 0 aliphatic carbocycles. The van der Waals surface area contributed by atoms with Gasteiger partial charge in [-0.05, 0) is 60.3 Å². The van der Waals surface area contributed by atoms with E-state index in [0.29, 0.717) is 11.8 Å². The van der Waals surface area contributed by atoms with Crippen molar-refractivity contribution in [2.45, 2.75) is 51.7 Å². The molecule has 0 saturated carbocycles. The standard InChI is InChI=1S/C25H38N2O7/c1-15(2)7-17-13-27-6-5-16-9-22(32-3)23(33-4)11-20(16)21(27)8-18(17)14-34-25(31)26-12-19(28)10-24(29)30/h9,11,15,17-19,21,28H,5-8,10,12-14H2,1-4H3,(H,26,31)(H,29,30)/t17-,18+,19?,21-/m1/s1. The average molecular weight is 479 g/mol. The molecule has 4 atom stereocenters. The Bertz CT molecular complexity index is 860. The number of hydrogen-bond donors (Lipinski definition) is 3. The van der Waals surface area contributed by atoms with Crippen LogP contribution in [0.25, 0.3) is 0 Å². The van der Waals surface area contributed by atoms with Crippen LogP contribution in [0.5, 0.6) is 11.5 Å². The third-order valence-corrected chi connectivity index (χ3v) is 6.87. The molecule has 3 rings (SSSR count). The van der Waals surface area contributed by atoms with Crippen molar-refractivity contribution in [1.29, 1.82) is 0 Å². The summed E-state index contributed by atoms with van der Waals surface area (Å²) in [6.45, 7) is 6.48. The number of aliphatic carboxylic acids is 1. The van der Waals surface area contributed by atoms with Gasteiger partial charge in [-0.15, -0.1) is 0 Å². The van der Waals surface area contributed by atoms with Gasteiger partial charge in [-0.25, -0.2) is 4.79 Å². The van der Waals surface area contributed by atoms with Crippen molar-refractivity contribution in [3.63, 3.8) is 0 Å². The van der Waals surface area contributed by atoms with Crippen molar-refractivity contribution in [3.05, 3.63) is 23.3 Å². The van der Waals surface area contributed by atoms with Gasteiger partial charge in [0.1, 0.15) is 0 Å². The number of nitrogens with zero attached hydrogens (tertiary/aromatic N) is 1. The maximum absolute atomic E-state index is 12.2. The molecule has 1 unspecified atom stereocenters.